The Labute approximate surface area is 351 Å². The van der Waals surface area contributed by atoms with Gasteiger partial charge in [-0.3, -0.25) is 9.59 Å². The Balaban J connectivity index is 1.04. The number of alkyl carbamates (subject to hydrolysis) is 1. The van der Waals surface area contributed by atoms with Crippen LogP contribution in [0.3, 0.4) is 0 Å². The third-order valence-electron chi connectivity index (χ3n) is 13.0. The van der Waals surface area contributed by atoms with E-state index in [1.807, 2.05) is 43.1 Å². The van der Waals surface area contributed by atoms with Gasteiger partial charge in [-0.15, -0.1) is 0 Å². The first-order chi connectivity index (χ1) is 28.7. The summed E-state index contributed by atoms with van der Waals surface area (Å²) in [5, 5.41) is 7.05. The minimum atomic E-state index is -0.705. The van der Waals surface area contributed by atoms with Crippen molar-refractivity contribution in [2.24, 2.45) is 17.3 Å². The molecule has 5 aromatic rings. The van der Waals surface area contributed by atoms with Crippen LogP contribution >= 0.6 is 0 Å². The monoisotopic (exact) mass is 817 g/mol. The second-order valence-corrected chi connectivity index (χ2v) is 17.9. The molecule has 3 aromatic heterocycles. The fraction of sp³-hybridized carbons (Fsp3) is 0.500. The van der Waals surface area contributed by atoms with Crippen LogP contribution in [-0.2, 0) is 20.9 Å². The smallest absolute Gasteiger partial charge is 0.407 e. The van der Waals surface area contributed by atoms with Gasteiger partial charge in [0.05, 0.1) is 60.7 Å². The van der Waals surface area contributed by atoms with Crippen LogP contribution in [0, 0.1) is 17.3 Å². The van der Waals surface area contributed by atoms with E-state index >= 15 is 0 Å². The molecule has 1 aliphatic carbocycles. The Bertz CT molecular complexity index is 2410. The number of likely N-dealkylation sites (N-methyl/N-ethyl adjacent to an activating group) is 1. The number of aromatic amines is 2. The number of aromatic nitrogens is 5. The number of likely N-dealkylation sites (tertiary alicyclic amines) is 1. The summed E-state index contributed by atoms with van der Waals surface area (Å²) in [6.07, 6.45) is 6.50. The van der Waals surface area contributed by atoms with Crippen LogP contribution in [0.15, 0.2) is 54.9 Å². The van der Waals surface area contributed by atoms with E-state index in [0.717, 1.165) is 87.8 Å². The molecular weight excluding hydrogens is 759 g/mol. The van der Waals surface area contributed by atoms with Gasteiger partial charge in [0.1, 0.15) is 23.4 Å². The van der Waals surface area contributed by atoms with Crippen LogP contribution in [0.4, 0.5) is 4.79 Å². The molecule has 3 aliphatic rings. The molecule has 2 bridgehead atoms. The summed E-state index contributed by atoms with van der Waals surface area (Å²) in [5.41, 5.74) is 6.68. The Hall–Kier alpha value is -5.63. The SMILES string of the molecule is CCCN(Cc1ncc(-c2ccc3c(c2)cc2n3C(C)Oc3cc(-c4cnc(C5N(C(=O)[C@@H](NC(=O)OC)C(C)C)[C@@H]6CCC5(C)C6)[nH]4)ccc3-2)[nH]1)C(=O)C(NC)C(C)C. The average Bonchev–Trinajstić information content (AvgIpc) is 4.07. The maximum absolute atomic E-state index is 14.2. The Morgan fingerprint density at radius 2 is 1.72 bits per heavy atom. The van der Waals surface area contributed by atoms with Crippen LogP contribution in [-0.4, -0.2) is 91.0 Å². The predicted molar refractivity (Wildman–Crippen MR) is 231 cm³/mol. The lowest BCUT2D eigenvalue weighted by atomic mass is 9.81. The van der Waals surface area contributed by atoms with Crippen LogP contribution < -0.4 is 15.4 Å². The summed E-state index contributed by atoms with van der Waals surface area (Å²) in [7, 11) is 3.15. The number of rotatable bonds is 13. The van der Waals surface area contributed by atoms with Crippen LogP contribution in [0.5, 0.6) is 5.75 Å². The van der Waals surface area contributed by atoms with Crippen LogP contribution in [0.25, 0.3) is 44.7 Å². The molecule has 2 aliphatic heterocycles. The standard InChI is InChI=1S/C46H59N9O5/c1-10-17-53(43(56)39(47-8)25(2)3)24-38-48-22-33(50-38)28-12-14-35-30(18-28)19-36-32-13-11-29(20-37(32)60-27(6)54(35)36)34-23-49-42(51-34)41-46(7)16-15-31(21-46)55(41)44(57)40(26(4)5)52-45(58)59-9/h11-14,18-20,22-23,25-27,31,39-41,47H,10,15-17,21,24H2,1-9H3,(H,48,50)(H,49,51)(H,52,58)/t27?,31-,39?,40+,41?,46?/m1/s1. The lowest BCUT2D eigenvalue weighted by Crippen LogP contribution is -2.54. The van der Waals surface area contributed by atoms with Gasteiger partial charge in [-0.2, -0.15) is 0 Å². The van der Waals surface area contributed by atoms with E-state index in [-0.39, 0.29) is 53.4 Å². The first-order valence-corrected chi connectivity index (χ1v) is 21.4. The topological polar surface area (TPSA) is 162 Å². The Morgan fingerprint density at radius 3 is 2.43 bits per heavy atom. The highest BCUT2D eigenvalue weighted by Crippen LogP contribution is 2.59. The first-order valence-electron chi connectivity index (χ1n) is 21.4. The number of carbonyl (C=O) groups is 3. The van der Waals surface area contributed by atoms with Gasteiger partial charge in [0.15, 0.2) is 6.23 Å². The number of hydrogen-bond acceptors (Lipinski definition) is 8. The predicted octanol–water partition coefficient (Wildman–Crippen LogP) is 7.80. The minimum Gasteiger partial charge on any atom is -0.470 e. The average molecular weight is 818 g/mol. The zero-order valence-electron chi connectivity index (χ0n) is 36.3. The van der Waals surface area contributed by atoms with Crippen molar-refractivity contribution >= 4 is 28.8 Å². The summed E-state index contributed by atoms with van der Waals surface area (Å²) in [5.74, 6) is 2.32. The summed E-state index contributed by atoms with van der Waals surface area (Å²) in [6.45, 7) is 15.4. The van der Waals surface area contributed by atoms with Gasteiger partial charge in [0.25, 0.3) is 0 Å². The number of fused-ring (bicyclic) bond motifs is 7. The van der Waals surface area contributed by atoms with Gasteiger partial charge in [-0.05, 0) is 87.2 Å². The highest BCUT2D eigenvalue weighted by molar-refractivity contribution is 5.92. The molecule has 2 aromatic carbocycles. The molecule has 2 fully saturated rings. The van der Waals surface area contributed by atoms with Crippen LogP contribution in [0.1, 0.15) is 98.1 Å². The van der Waals surface area contributed by atoms with Gasteiger partial charge in [0, 0.05) is 34.7 Å². The molecule has 60 heavy (non-hydrogen) atoms. The fourth-order valence-corrected chi connectivity index (χ4v) is 10.0. The normalized spacial score (nSPS) is 21.5. The summed E-state index contributed by atoms with van der Waals surface area (Å²) < 4.78 is 13.7. The van der Waals surface area contributed by atoms with E-state index in [1.165, 1.54) is 7.11 Å². The molecule has 4 unspecified atom stereocenters. The summed E-state index contributed by atoms with van der Waals surface area (Å²) in [4.78, 5) is 60.3. The summed E-state index contributed by atoms with van der Waals surface area (Å²) in [6, 6.07) is 13.8. The number of methoxy groups -OCH3 is 1. The van der Waals surface area contributed by atoms with Crippen molar-refractivity contribution in [3.63, 3.8) is 0 Å². The number of amides is 3. The van der Waals surface area contributed by atoms with E-state index in [9.17, 15) is 14.4 Å². The largest absolute Gasteiger partial charge is 0.470 e. The second kappa shape index (κ2) is 16.1. The molecule has 5 heterocycles. The highest BCUT2D eigenvalue weighted by atomic mass is 16.5. The lowest BCUT2D eigenvalue weighted by molar-refractivity contribution is -0.140. The maximum Gasteiger partial charge on any atom is 0.407 e. The molecule has 1 saturated heterocycles. The van der Waals surface area contributed by atoms with Crippen molar-refractivity contribution in [2.75, 3.05) is 20.7 Å². The van der Waals surface area contributed by atoms with Gasteiger partial charge in [-0.25, -0.2) is 14.8 Å². The zero-order valence-corrected chi connectivity index (χ0v) is 36.3. The maximum atomic E-state index is 14.2. The van der Waals surface area contributed by atoms with E-state index in [4.69, 9.17) is 14.5 Å². The van der Waals surface area contributed by atoms with Crippen LogP contribution in [0.2, 0.25) is 0 Å². The fourth-order valence-electron chi connectivity index (χ4n) is 10.0. The Morgan fingerprint density at radius 1 is 1.00 bits per heavy atom. The number of nitrogens with zero attached hydrogens (tertiary/aromatic N) is 5. The van der Waals surface area contributed by atoms with Gasteiger partial charge in [0.2, 0.25) is 11.8 Å². The molecule has 0 radical (unpaired) electrons. The van der Waals surface area contributed by atoms with Crippen molar-refractivity contribution in [1.29, 1.82) is 0 Å². The van der Waals surface area contributed by atoms with E-state index in [2.05, 4.69) is 107 Å². The minimum absolute atomic E-state index is 0.0831. The number of H-pyrrole nitrogens is 2. The van der Waals surface area contributed by atoms with Crippen molar-refractivity contribution in [1.82, 2.24) is 44.9 Å². The third-order valence-corrected chi connectivity index (χ3v) is 13.0. The van der Waals surface area contributed by atoms with Crippen molar-refractivity contribution < 1.29 is 23.9 Å². The van der Waals surface area contributed by atoms with Gasteiger partial charge in [-0.1, -0.05) is 53.7 Å². The van der Waals surface area contributed by atoms with Crippen molar-refractivity contribution in [3.8, 4) is 39.5 Å². The molecule has 3 amide bonds. The number of carbonyl (C=O) groups excluding carboxylic acids is 3. The molecular formula is C46H59N9O5. The van der Waals surface area contributed by atoms with Gasteiger partial charge >= 0.3 is 6.09 Å². The Kier molecular flexibility index (Phi) is 11.0. The molecule has 14 nitrogen and oxygen atoms in total. The van der Waals surface area contributed by atoms with E-state index in [0.29, 0.717) is 13.1 Å². The lowest BCUT2D eigenvalue weighted by Gasteiger charge is -2.40. The number of ether oxygens (including phenoxy) is 2. The number of piperidine rings is 1. The zero-order chi connectivity index (χ0) is 42.6. The molecule has 318 valence electrons. The van der Waals surface area contributed by atoms with E-state index in [1.54, 1.807) is 0 Å². The molecule has 0 spiro atoms. The first kappa shape index (κ1) is 41.1. The number of benzene rings is 2. The summed E-state index contributed by atoms with van der Waals surface area (Å²) >= 11 is 0. The van der Waals surface area contributed by atoms with E-state index < -0.39 is 12.1 Å². The molecule has 6 atom stereocenters. The molecule has 1 saturated carbocycles. The third kappa shape index (κ3) is 7.22. The van der Waals surface area contributed by atoms with Gasteiger partial charge < -0.3 is 44.4 Å². The molecule has 8 rings (SSSR count). The number of imidazole rings is 2. The number of nitrogens with one attached hydrogen (secondary N) is 4. The van der Waals surface area contributed by atoms with Crippen molar-refractivity contribution in [3.05, 3.63) is 66.5 Å². The second-order valence-electron chi connectivity index (χ2n) is 17.9. The molecule has 14 heteroatoms. The quantitative estimate of drug-likeness (QED) is 0.0936. The van der Waals surface area contributed by atoms with Crippen molar-refractivity contribution in [2.45, 2.75) is 111 Å². The number of hydrogen-bond donors (Lipinski definition) is 4. The highest BCUT2D eigenvalue weighted by Gasteiger charge is 2.58. The molecule has 4 N–H and O–H groups in total.